The van der Waals surface area contributed by atoms with Gasteiger partial charge in [-0.3, -0.25) is 4.21 Å². The first kappa shape index (κ1) is 16.6. The Kier molecular flexibility index (Phi) is 5.88. The summed E-state index contributed by atoms with van der Waals surface area (Å²) in [5, 5.41) is 3.73. The van der Waals surface area contributed by atoms with E-state index < -0.39 is 22.4 Å². The second-order valence-corrected chi connectivity index (χ2v) is 7.72. The number of benzene rings is 1. The van der Waals surface area contributed by atoms with Gasteiger partial charge in [0.1, 0.15) is 0 Å². The summed E-state index contributed by atoms with van der Waals surface area (Å²) in [4.78, 5) is 0. The van der Waals surface area contributed by atoms with E-state index >= 15 is 0 Å². The Morgan fingerprint density at radius 1 is 1.33 bits per heavy atom. The standard InChI is InChI=1S/C16H23F2NOS/c1-3-21(20)14-6-4-5-13(10-14)19-11(2)12-7-8-15(17)16(18)9-12/h7-9,11,13-14,19H,3-6,10H2,1-2H3/t11-,13-,14-,21+/m1/s1. The lowest BCUT2D eigenvalue weighted by atomic mass is 9.93. The van der Waals surface area contributed by atoms with Crippen LogP contribution in [0.25, 0.3) is 0 Å². The molecule has 1 aliphatic rings. The molecule has 2 rings (SSSR count). The Morgan fingerprint density at radius 3 is 2.76 bits per heavy atom. The second-order valence-electron chi connectivity index (χ2n) is 5.72. The van der Waals surface area contributed by atoms with E-state index in [0.717, 1.165) is 31.2 Å². The minimum atomic E-state index is -0.818. The highest BCUT2D eigenvalue weighted by atomic mass is 32.2. The van der Waals surface area contributed by atoms with Crippen LogP contribution < -0.4 is 5.32 Å². The smallest absolute Gasteiger partial charge is 0.159 e. The fourth-order valence-electron chi connectivity index (χ4n) is 3.00. The zero-order valence-electron chi connectivity index (χ0n) is 12.6. The van der Waals surface area contributed by atoms with Gasteiger partial charge in [-0.2, -0.15) is 0 Å². The molecule has 0 heterocycles. The second kappa shape index (κ2) is 7.45. The van der Waals surface area contributed by atoms with E-state index in [9.17, 15) is 13.0 Å². The van der Waals surface area contributed by atoms with Gasteiger partial charge in [0.2, 0.25) is 0 Å². The summed E-state index contributed by atoms with van der Waals surface area (Å²) in [5.74, 6) is -0.924. The van der Waals surface area contributed by atoms with E-state index in [1.807, 2.05) is 13.8 Å². The van der Waals surface area contributed by atoms with Gasteiger partial charge < -0.3 is 5.32 Å². The number of nitrogens with one attached hydrogen (secondary N) is 1. The SMILES string of the molecule is CC[S@](=O)[C@@H]1CCC[C@@H](N[C@H](C)c2ccc(F)c(F)c2)C1. The van der Waals surface area contributed by atoms with Crippen molar-refractivity contribution >= 4 is 10.8 Å². The van der Waals surface area contributed by atoms with Gasteiger partial charge in [-0.05, 0) is 43.9 Å². The molecule has 21 heavy (non-hydrogen) atoms. The summed E-state index contributed by atoms with van der Waals surface area (Å²) in [6.07, 6.45) is 4.04. The van der Waals surface area contributed by atoms with Crippen molar-refractivity contribution in [1.82, 2.24) is 5.32 Å². The molecule has 0 amide bonds. The molecule has 1 aromatic carbocycles. The molecular weight excluding hydrogens is 292 g/mol. The van der Waals surface area contributed by atoms with Crippen LogP contribution >= 0.6 is 0 Å². The van der Waals surface area contributed by atoms with Crippen LogP contribution in [-0.2, 0) is 10.8 Å². The summed E-state index contributed by atoms with van der Waals surface area (Å²) in [5.41, 5.74) is 0.743. The average molecular weight is 315 g/mol. The lowest BCUT2D eigenvalue weighted by Gasteiger charge is -2.31. The molecule has 1 aromatic rings. The van der Waals surface area contributed by atoms with Gasteiger partial charge in [0.25, 0.3) is 0 Å². The van der Waals surface area contributed by atoms with Crippen LogP contribution in [0.4, 0.5) is 8.78 Å². The maximum absolute atomic E-state index is 13.3. The molecular formula is C16H23F2NOS. The van der Waals surface area contributed by atoms with E-state index in [4.69, 9.17) is 0 Å². The van der Waals surface area contributed by atoms with Crippen LogP contribution in [0.2, 0.25) is 0 Å². The molecule has 4 atom stereocenters. The Morgan fingerprint density at radius 2 is 2.10 bits per heavy atom. The van der Waals surface area contributed by atoms with Crippen molar-refractivity contribution in [2.45, 2.75) is 56.9 Å². The van der Waals surface area contributed by atoms with Gasteiger partial charge in [-0.15, -0.1) is 0 Å². The summed E-state index contributed by atoms with van der Waals surface area (Å²) in [6.45, 7) is 3.91. The fourth-order valence-corrected chi connectivity index (χ4v) is 4.35. The molecule has 0 saturated heterocycles. The minimum absolute atomic E-state index is 0.0427. The zero-order valence-corrected chi connectivity index (χ0v) is 13.4. The Labute approximate surface area is 127 Å². The molecule has 0 aliphatic heterocycles. The Bertz CT molecular complexity index is 509. The molecule has 1 saturated carbocycles. The summed E-state index contributed by atoms with van der Waals surface area (Å²) in [7, 11) is -0.750. The maximum Gasteiger partial charge on any atom is 0.159 e. The summed E-state index contributed by atoms with van der Waals surface area (Å²) in [6, 6.07) is 4.28. The van der Waals surface area contributed by atoms with Crippen molar-refractivity contribution < 1.29 is 13.0 Å². The van der Waals surface area contributed by atoms with Crippen LogP contribution in [-0.4, -0.2) is 21.3 Å². The number of rotatable bonds is 5. The third-order valence-corrected chi connectivity index (χ3v) is 5.95. The Balaban J connectivity index is 1.96. The van der Waals surface area contributed by atoms with Gasteiger partial charge in [-0.25, -0.2) is 8.78 Å². The first-order valence-corrected chi connectivity index (χ1v) is 8.97. The molecule has 0 unspecified atom stereocenters. The van der Waals surface area contributed by atoms with E-state index in [0.29, 0.717) is 11.8 Å². The molecule has 0 bridgehead atoms. The van der Waals surface area contributed by atoms with Crippen LogP contribution in [0.1, 0.15) is 51.1 Å². The van der Waals surface area contributed by atoms with E-state index in [1.54, 1.807) is 6.07 Å². The van der Waals surface area contributed by atoms with Gasteiger partial charge in [0.15, 0.2) is 11.6 Å². The lowest BCUT2D eigenvalue weighted by molar-refractivity contribution is 0.349. The monoisotopic (exact) mass is 315 g/mol. The zero-order chi connectivity index (χ0) is 15.4. The summed E-state index contributed by atoms with van der Waals surface area (Å²) >= 11 is 0. The highest BCUT2D eigenvalue weighted by Crippen LogP contribution is 2.25. The van der Waals surface area contributed by atoms with Crippen LogP contribution in [0, 0.1) is 11.6 Å². The molecule has 0 spiro atoms. The third-order valence-electron chi connectivity index (χ3n) is 4.21. The third kappa shape index (κ3) is 4.33. The molecule has 0 radical (unpaired) electrons. The molecule has 5 heteroatoms. The van der Waals surface area contributed by atoms with Crippen LogP contribution in [0.15, 0.2) is 18.2 Å². The number of hydrogen-bond acceptors (Lipinski definition) is 2. The number of halogens is 2. The molecule has 0 aromatic heterocycles. The first-order chi connectivity index (χ1) is 10.0. The summed E-state index contributed by atoms with van der Waals surface area (Å²) < 4.78 is 38.2. The molecule has 2 nitrogen and oxygen atoms in total. The fraction of sp³-hybridized carbons (Fsp3) is 0.625. The van der Waals surface area contributed by atoms with Crippen molar-refractivity contribution in [2.24, 2.45) is 0 Å². The van der Waals surface area contributed by atoms with Gasteiger partial charge >= 0.3 is 0 Å². The largest absolute Gasteiger partial charge is 0.307 e. The quantitative estimate of drug-likeness (QED) is 0.898. The van der Waals surface area contributed by atoms with E-state index in [-0.39, 0.29) is 11.3 Å². The van der Waals surface area contributed by atoms with Crippen molar-refractivity contribution in [2.75, 3.05) is 5.75 Å². The first-order valence-electron chi connectivity index (χ1n) is 7.59. The predicted octanol–water partition coefficient (Wildman–Crippen LogP) is 3.70. The predicted molar refractivity (Wildman–Crippen MR) is 82.6 cm³/mol. The molecule has 1 aliphatic carbocycles. The van der Waals surface area contributed by atoms with Crippen LogP contribution in [0.3, 0.4) is 0 Å². The minimum Gasteiger partial charge on any atom is -0.307 e. The number of hydrogen-bond donors (Lipinski definition) is 1. The van der Waals surface area contributed by atoms with Crippen molar-refractivity contribution in [3.63, 3.8) is 0 Å². The van der Waals surface area contributed by atoms with Gasteiger partial charge in [0.05, 0.1) is 0 Å². The van der Waals surface area contributed by atoms with Crippen molar-refractivity contribution in [1.29, 1.82) is 0 Å². The van der Waals surface area contributed by atoms with Gasteiger partial charge in [-0.1, -0.05) is 19.4 Å². The van der Waals surface area contributed by atoms with Crippen molar-refractivity contribution in [3.05, 3.63) is 35.4 Å². The lowest BCUT2D eigenvalue weighted by Crippen LogP contribution is -2.39. The molecule has 1 fully saturated rings. The van der Waals surface area contributed by atoms with E-state index in [1.165, 1.54) is 12.1 Å². The van der Waals surface area contributed by atoms with E-state index in [2.05, 4.69) is 5.32 Å². The normalized spacial score (nSPS) is 25.5. The average Bonchev–Trinajstić information content (AvgIpc) is 2.49. The maximum atomic E-state index is 13.3. The molecule has 1 N–H and O–H groups in total. The molecule has 118 valence electrons. The van der Waals surface area contributed by atoms with Gasteiger partial charge in [0, 0.05) is 33.9 Å². The highest BCUT2D eigenvalue weighted by Gasteiger charge is 2.26. The highest BCUT2D eigenvalue weighted by molar-refractivity contribution is 7.85. The topological polar surface area (TPSA) is 29.1 Å². The Hall–Kier alpha value is -0.810. The van der Waals surface area contributed by atoms with Crippen LogP contribution in [0.5, 0.6) is 0 Å². The van der Waals surface area contributed by atoms with Crippen molar-refractivity contribution in [3.8, 4) is 0 Å².